The highest BCUT2D eigenvalue weighted by Gasteiger charge is 2.13. The van der Waals surface area contributed by atoms with Crippen LogP contribution in [0, 0.1) is 0 Å². The van der Waals surface area contributed by atoms with Gasteiger partial charge >= 0.3 is 0 Å². The number of benzene rings is 2. The molecule has 0 fully saturated rings. The lowest BCUT2D eigenvalue weighted by atomic mass is 10.1. The molecule has 0 aliphatic heterocycles. The van der Waals surface area contributed by atoms with Crippen molar-refractivity contribution in [2.45, 2.75) is 0 Å². The molecule has 2 heterocycles. The Morgan fingerprint density at radius 1 is 1.13 bits per heavy atom. The van der Waals surface area contributed by atoms with E-state index in [2.05, 4.69) is 4.98 Å². The van der Waals surface area contributed by atoms with Gasteiger partial charge in [0.1, 0.15) is 5.75 Å². The molecule has 0 aliphatic rings. The van der Waals surface area contributed by atoms with Crippen LogP contribution in [0.2, 0.25) is 0 Å². The number of carbonyl (C=O) groups is 1. The lowest BCUT2D eigenvalue weighted by Gasteiger charge is -2.10. The number of hydrogen-bond donors (Lipinski definition) is 0. The van der Waals surface area contributed by atoms with Gasteiger partial charge in [0.05, 0.1) is 18.5 Å². The van der Waals surface area contributed by atoms with Gasteiger partial charge in [-0.3, -0.25) is 9.69 Å². The van der Waals surface area contributed by atoms with Crippen LogP contribution in [0.1, 0.15) is 5.56 Å². The zero-order chi connectivity index (χ0) is 20.9. The zero-order valence-corrected chi connectivity index (χ0v) is 17.4. The van der Waals surface area contributed by atoms with Crippen molar-refractivity contribution in [1.29, 1.82) is 0 Å². The van der Waals surface area contributed by atoms with Crippen LogP contribution in [0.3, 0.4) is 0 Å². The summed E-state index contributed by atoms with van der Waals surface area (Å²) in [5, 5.41) is 7.26. The average molecular weight is 417 g/mol. The van der Waals surface area contributed by atoms with Crippen molar-refractivity contribution in [1.82, 2.24) is 14.8 Å². The van der Waals surface area contributed by atoms with Crippen LogP contribution in [0.15, 0.2) is 78.4 Å². The molecule has 4 aromatic rings. The Kier molecular flexibility index (Phi) is 5.72. The van der Waals surface area contributed by atoms with E-state index in [1.165, 1.54) is 16.2 Å². The molecule has 0 saturated heterocycles. The lowest BCUT2D eigenvalue weighted by molar-refractivity contribution is -0.113. The average Bonchev–Trinajstić information content (AvgIpc) is 3.48. The molecule has 0 saturated carbocycles. The van der Waals surface area contributed by atoms with Crippen molar-refractivity contribution in [3.63, 3.8) is 0 Å². The van der Waals surface area contributed by atoms with Crippen molar-refractivity contribution in [3.8, 4) is 22.7 Å². The smallest absolute Gasteiger partial charge is 0.252 e. The molecular weight excluding hydrogens is 396 g/mol. The number of hydrogen-bond acceptors (Lipinski definition) is 5. The fourth-order valence-electron chi connectivity index (χ4n) is 2.94. The quantitative estimate of drug-likeness (QED) is 0.428. The first-order valence-corrected chi connectivity index (χ1v) is 10.2. The second kappa shape index (κ2) is 8.75. The minimum absolute atomic E-state index is 0.155. The van der Waals surface area contributed by atoms with E-state index in [4.69, 9.17) is 9.84 Å². The molecule has 30 heavy (non-hydrogen) atoms. The number of carbonyl (C=O) groups excluding carboxylic acids is 1. The number of para-hydroxylation sites is 1. The topological polar surface area (TPSA) is 60.3 Å². The Labute approximate surface area is 178 Å². The molecule has 0 radical (unpaired) electrons. The van der Waals surface area contributed by atoms with E-state index < -0.39 is 0 Å². The third-order valence-corrected chi connectivity index (χ3v) is 5.42. The van der Waals surface area contributed by atoms with Gasteiger partial charge < -0.3 is 4.74 Å². The molecule has 0 spiro atoms. The maximum atomic E-state index is 12.6. The van der Waals surface area contributed by atoms with Crippen LogP contribution in [-0.4, -0.2) is 34.8 Å². The fourth-order valence-corrected chi connectivity index (χ4v) is 3.56. The summed E-state index contributed by atoms with van der Waals surface area (Å²) in [7, 11) is 3.35. The number of ether oxygens (including phenoxy) is 1. The first-order valence-electron chi connectivity index (χ1n) is 9.30. The highest BCUT2D eigenvalue weighted by atomic mass is 32.1. The van der Waals surface area contributed by atoms with Crippen LogP contribution in [0.25, 0.3) is 23.0 Å². The summed E-state index contributed by atoms with van der Waals surface area (Å²) in [6, 6.07) is 17.6. The van der Waals surface area contributed by atoms with E-state index in [-0.39, 0.29) is 5.91 Å². The molecule has 2 aromatic heterocycles. The highest BCUT2D eigenvalue weighted by Crippen LogP contribution is 2.27. The van der Waals surface area contributed by atoms with E-state index >= 15 is 0 Å². The number of aromatic nitrogens is 3. The van der Waals surface area contributed by atoms with Gasteiger partial charge in [-0.15, -0.1) is 11.3 Å². The summed E-state index contributed by atoms with van der Waals surface area (Å²) in [5.74, 6) is 0.622. The molecule has 7 heteroatoms. The maximum absolute atomic E-state index is 12.6. The summed E-state index contributed by atoms with van der Waals surface area (Å²) < 4.78 is 7.07. The summed E-state index contributed by atoms with van der Waals surface area (Å²) in [5.41, 5.74) is 3.50. The van der Waals surface area contributed by atoms with Gasteiger partial charge in [0, 0.05) is 42.0 Å². The Hall–Kier alpha value is -3.71. The van der Waals surface area contributed by atoms with Crippen LogP contribution in [-0.2, 0) is 4.79 Å². The van der Waals surface area contributed by atoms with Crippen LogP contribution in [0.5, 0.6) is 5.75 Å². The normalized spacial score (nSPS) is 11.0. The number of methoxy groups -OCH3 is 1. The van der Waals surface area contributed by atoms with Crippen molar-refractivity contribution in [2.75, 3.05) is 19.1 Å². The number of nitrogens with zero attached hydrogens (tertiary/aromatic N) is 4. The monoisotopic (exact) mass is 416 g/mol. The molecule has 0 atom stereocenters. The van der Waals surface area contributed by atoms with Crippen LogP contribution >= 0.6 is 11.3 Å². The maximum Gasteiger partial charge on any atom is 0.252 e. The number of likely N-dealkylation sites (N-methyl/N-ethyl adjacent to an activating group) is 1. The number of rotatable bonds is 6. The summed E-state index contributed by atoms with van der Waals surface area (Å²) in [6.07, 6.45) is 6.93. The summed E-state index contributed by atoms with van der Waals surface area (Å²) >= 11 is 1.42. The van der Waals surface area contributed by atoms with E-state index in [1.807, 2.05) is 70.9 Å². The second-order valence-electron chi connectivity index (χ2n) is 6.49. The SMILES string of the molecule is COc1ccc(-c2nn(-c3ccccc3)cc2/C=C/C(=O)N(C)c2nccs2)cc1. The molecule has 0 N–H and O–H groups in total. The molecule has 0 aliphatic carbocycles. The molecule has 4 rings (SSSR count). The summed E-state index contributed by atoms with van der Waals surface area (Å²) in [4.78, 5) is 18.3. The van der Waals surface area contributed by atoms with Crippen LogP contribution < -0.4 is 9.64 Å². The lowest BCUT2D eigenvalue weighted by Crippen LogP contribution is -2.23. The number of thiazole rings is 1. The Morgan fingerprint density at radius 3 is 2.57 bits per heavy atom. The van der Waals surface area contributed by atoms with E-state index in [0.29, 0.717) is 5.13 Å². The third-order valence-electron chi connectivity index (χ3n) is 4.57. The molecule has 150 valence electrons. The first kappa shape index (κ1) is 19.6. The first-order chi connectivity index (χ1) is 14.7. The second-order valence-corrected chi connectivity index (χ2v) is 7.36. The van der Waals surface area contributed by atoms with Gasteiger partial charge in [-0.1, -0.05) is 18.2 Å². The summed E-state index contributed by atoms with van der Waals surface area (Å²) in [6.45, 7) is 0. The minimum atomic E-state index is -0.155. The van der Waals surface area contributed by atoms with Gasteiger partial charge in [-0.25, -0.2) is 9.67 Å². The van der Waals surface area contributed by atoms with Crippen molar-refractivity contribution in [2.24, 2.45) is 0 Å². The minimum Gasteiger partial charge on any atom is -0.497 e. The standard InChI is InChI=1S/C23H20N4O2S/c1-26(23-24-14-15-30-23)21(28)13-10-18-16-27(19-6-4-3-5-7-19)25-22(18)17-8-11-20(29-2)12-9-17/h3-16H,1-2H3/b13-10+. The fraction of sp³-hybridized carbons (Fsp3) is 0.0870. The predicted octanol–water partition coefficient (Wildman–Crippen LogP) is 4.68. The van der Waals surface area contributed by atoms with E-state index in [1.54, 1.807) is 32.5 Å². The van der Waals surface area contributed by atoms with E-state index in [0.717, 1.165) is 28.3 Å². The van der Waals surface area contributed by atoms with Crippen molar-refractivity contribution < 1.29 is 9.53 Å². The van der Waals surface area contributed by atoms with Gasteiger partial charge in [-0.2, -0.15) is 5.10 Å². The van der Waals surface area contributed by atoms with Gasteiger partial charge in [0.25, 0.3) is 5.91 Å². The van der Waals surface area contributed by atoms with E-state index in [9.17, 15) is 4.79 Å². The predicted molar refractivity (Wildman–Crippen MR) is 120 cm³/mol. The van der Waals surface area contributed by atoms with Gasteiger partial charge in [0.2, 0.25) is 0 Å². The van der Waals surface area contributed by atoms with Gasteiger partial charge in [0.15, 0.2) is 5.13 Å². The third kappa shape index (κ3) is 4.16. The van der Waals surface area contributed by atoms with Crippen LogP contribution in [0.4, 0.5) is 5.13 Å². The Morgan fingerprint density at radius 2 is 1.90 bits per heavy atom. The molecule has 1 amide bonds. The van der Waals surface area contributed by atoms with Gasteiger partial charge in [-0.05, 0) is 42.5 Å². The zero-order valence-electron chi connectivity index (χ0n) is 16.6. The molecule has 0 bridgehead atoms. The largest absolute Gasteiger partial charge is 0.497 e. The molecular formula is C23H20N4O2S. The van der Waals surface area contributed by atoms with Crippen molar-refractivity contribution >= 4 is 28.5 Å². The molecule has 0 unspecified atom stereocenters. The van der Waals surface area contributed by atoms with Crippen molar-refractivity contribution in [3.05, 3.63) is 84.0 Å². The molecule has 2 aromatic carbocycles. The molecule has 6 nitrogen and oxygen atoms in total. The number of amides is 1. The highest BCUT2D eigenvalue weighted by molar-refractivity contribution is 7.13. The Bertz CT molecular complexity index is 1150. The number of anilines is 1. The Balaban J connectivity index is 1.69.